The molecule has 330 valence electrons. The van der Waals surface area contributed by atoms with Crippen molar-refractivity contribution in [1.29, 1.82) is 0 Å². The molecule has 0 fully saturated rings. The van der Waals surface area contributed by atoms with E-state index in [9.17, 15) is 9.18 Å². The van der Waals surface area contributed by atoms with Gasteiger partial charge in [-0.3, -0.25) is 4.79 Å². The molecule has 0 aromatic heterocycles. The van der Waals surface area contributed by atoms with Crippen LogP contribution in [-0.4, -0.2) is 30.8 Å². The van der Waals surface area contributed by atoms with Crippen molar-refractivity contribution < 1.29 is 14.0 Å². The number of amidine groups is 1. The van der Waals surface area contributed by atoms with Gasteiger partial charge in [0, 0.05) is 19.2 Å². The summed E-state index contributed by atoms with van der Waals surface area (Å²) in [4.78, 5) is 26.5. The smallest absolute Gasteiger partial charge is 0.222 e. The summed E-state index contributed by atoms with van der Waals surface area (Å²) < 4.78 is 13.3. The molecule has 4 N–H and O–H groups in total. The number of amides is 1. The number of rotatable bonds is 15. The zero-order chi connectivity index (χ0) is 46.2. The lowest BCUT2D eigenvalue weighted by Gasteiger charge is -2.06. The van der Waals surface area contributed by atoms with Gasteiger partial charge >= 0.3 is 0 Å². The van der Waals surface area contributed by atoms with Crippen LogP contribution in [0, 0.1) is 10.8 Å². The predicted octanol–water partition coefficient (Wildman–Crippen LogP) is 14.1. The van der Waals surface area contributed by atoms with Crippen molar-refractivity contribution in [3.8, 4) is 0 Å². The number of aryl methyl sites for hydroxylation is 1. The van der Waals surface area contributed by atoms with Gasteiger partial charge in [0.1, 0.15) is 29.3 Å². The molecule has 0 aliphatic carbocycles. The van der Waals surface area contributed by atoms with Gasteiger partial charge in [-0.25, -0.2) is 14.4 Å². The van der Waals surface area contributed by atoms with Crippen LogP contribution in [0.25, 0.3) is 0 Å². The number of hydrogen-bond acceptors (Lipinski definition) is 6. The van der Waals surface area contributed by atoms with Crippen molar-refractivity contribution in [2.75, 3.05) is 6.54 Å². The number of hydrogen-bond donors (Lipinski definition) is 3. The Morgan fingerprint density at radius 2 is 1.16 bits per heavy atom. The second kappa shape index (κ2) is 41.8. The number of halogens is 2. The maximum Gasteiger partial charge on any atom is 0.222 e. The molecule has 0 bridgehead atoms. The Bertz CT molecular complexity index is 1270. The van der Waals surface area contributed by atoms with Crippen LogP contribution in [0.3, 0.4) is 0 Å². The van der Waals surface area contributed by atoms with Crippen LogP contribution in [0.5, 0.6) is 0 Å². The summed E-state index contributed by atoms with van der Waals surface area (Å²) in [7, 11) is 0. The highest BCUT2D eigenvalue weighted by molar-refractivity contribution is 6.31. The SMILES string of the molecule is C=C(C)Cc1ccc(CC)cc1.C=C(F)/C(=N\C(Cl)=C(/C)N)C(=C)N=C(C)NC(C)=O.C=CNCCCCC.C=O.CC(C)(C)C.CC(C)(C)C.CCCCCC. The Morgan fingerprint density at radius 3 is 1.46 bits per heavy atom. The molecule has 1 aromatic carbocycles. The Balaban J connectivity index is -0.000000147. The fourth-order valence-electron chi connectivity index (χ4n) is 3.33. The average molecular weight is 821 g/mol. The number of nitrogens with two attached hydrogens (primary N) is 1. The van der Waals surface area contributed by atoms with E-state index in [1.807, 2.05) is 6.79 Å². The summed E-state index contributed by atoms with van der Waals surface area (Å²) in [6.45, 7) is 49.9. The second-order valence-corrected chi connectivity index (χ2v) is 16.9. The van der Waals surface area contributed by atoms with Crippen LogP contribution in [0.2, 0.25) is 0 Å². The molecular weight excluding hydrogens is 733 g/mol. The minimum atomic E-state index is -0.858. The third kappa shape index (κ3) is 67.4. The zero-order valence-corrected chi connectivity index (χ0v) is 40.3. The molecule has 0 unspecified atom stereocenters. The van der Waals surface area contributed by atoms with Crippen LogP contribution in [0.1, 0.15) is 167 Å². The van der Waals surface area contributed by atoms with Gasteiger partial charge in [0.2, 0.25) is 5.91 Å². The van der Waals surface area contributed by atoms with Gasteiger partial charge in [-0.05, 0) is 68.2 Å². The van der Waals surface area contributed by atoms with Crippen LogP contribution < -0.4 is 16.4 Å². The molecule has 0 radical (unpaired) electrons. The number of unbranched alkanes of at least 4 members (excludes halogenated alkanes) is 5. The van der Waals surface area contributed by atoms with Gasteiger partial charge in [0.15, 0.2) is 0 Å². The summed E-state index contributed by atoms with van der Waals surface area (Å²) in [6.07, 6.45) is 13.3. The zero-order valence-electron chi connectivity index (χ0n) is 39.5. The van der Waals surface area contributed by atoms with Crippen molar-refractivity contribution in [2.24, 2.45) is 26.5 Å². The van der Waals surface area contributed by atoms with E-state index < -0.39 is 5.83 Å². The van der Waals surface area contributed by atoms with E-state index in [0.29, 0.717) is 10.8 Å². The van der Waals surface area contributed by atoms with E-state index in [-0.39, 0.29) is 34.0 Å². The fourth-order valence-corrected chi connectivity index (χ4v) is 3.41. The van der Waals surface area contributed by atoms with Gasteiger partial charge in [-0.15, -0.1) is 0 Å². The predicted molar refractivity (Wildman–Crippen MR) is 256 cm³/mol. The van der Waals surface area contributed by atoms with Crippen LogP contribution in [0.15, 0.2) is 94.7 Å². The highest BCUT2D eigenvalue weighted by Gasteiger charge is 2.11. The first-order valence-electron chi connectivity index (χ1n) is 20.1. The van der Waals surface area contributed by atoms with Gasteiger partial charge in [-0.2, -0.15) is 0 Å². The van der Waals surface area contributed by atoms with E-state index in [0.717, 1.165) is 19.4 Å². The number of aliphatic imine (C=N–C) groups is 2. The van der Waals surface area contributed by atoms with Crippen LogP contribution in [-0.2, 0) is 22.4 Å². The van der Waals surface area contributed by atoms with E-state index >= 15 is 0 Å². The molecule has 57 heavy (non-hydrogen) atoms. The quantitative estimate of drug-likeness (QED) is 0.0538. The third-order valence-corrected chi connectivity index (χ3v) is 6.07. The Morgan fingerprint density at radius 1 is 0.772 bits per heavy atom. The van der Waals surface area contributed by atoms with Crippen LogP contribution in [0.4, 0.5) is 4.39 Å². The monoisotopic (exact) mass is 820 g/mol. The van der Waals surface area contributed by atoms with E-state index in [1.165, 1.54) is 82.4 Å². The minimum absolute atomic E-state index is 0.0295. The fraction of sp³-hybridized carbons (Fsp3) is 0.583. The van der Waals surface area contributed by atoms with Crippen molar-refractivity contribution in [2.45, 2.75) is 169 Å². The normalized spacial score (nSPS) is 11.0. The molecule has 0 atom stereocenters. The molecule has 9 heteroatoms. The number of benzene rings is 1. The molecule has 1 rings (SSSR count). The molecule has 0 aliphatic heterocycles. The van der Waals surface area contributed by atoms with E-state index in [1.54, 1.807) is 6.20 Å². The van der Waals surface area contributed by atoms with Crippen LogP contribution >= 0.6 is 11.6 Å². The number of nitrogens with one attached hydrogen (secondary N) is 2. The van der Waals surface area contributed by atoms with Gasteiger partial charge in [0.05, 0.1) is 5.70 Å². The Labute approximate surface area is 356 Å². The lowest BCUT2D eigenvalue weighted by molar-refractivity contribution is -0.117. The number of carbonyl (C=O) groups is 2. The van der Waals surface area contributed by atoms with Crippen molar-refractivity contribution in [3.05, 3.63) is 95.9 Å². The molecule has 0 spiro atoms. The number of carbonyl (C=O) groups excluding carboxylic acids is 2. The van der Waals surface area contributed by atoms with E-state index in [4.69, 9.17) is 22.1 Å². The summed E-state index contributed by atoms with van der Waals surface area (Å²) in [6, 6.07) is 8.76. The summed E-state index contributed by atoms with van der Waals surface area (Å²) >= 11 is 5.72. The Kier molecular flexibility index (Phi) is 47.8. The van der Waals surface area contributed by atoms with Gasteiger partial charge in [0.25, 0.3) is 0 Å². The lowest BCUT2D eigenvalue weighted by atomic mass is 10.0. The molecular formula is C48H87ClFN5O2. The summed E-state index contributed by atoms with van der Waals surface area (Å²) in [5.74, 6) is -0.915. The highest BCUT2D eigenvalue weighted by atomic mass is 35.5. The Hall–Kier alpha value is -3.78. The average Bonchev–Trinajstić information content (AvgIpc) is 3.08. The van der Waals surface area contributed by atoms with Gasteiger partial charge < -0.3 is 21.2 Å². The second-order valence-electron chi connectivity index (χ2n) is 16.5. The number of allylic oxidation sites excluding steroid dienone is 3. The van der Waals surface area contributed by atoms with Crippen molar-refractivity contribution in [1.82, 2.24) is 10.6 Å². The van der Waals surface area contributed by atoms with E-state index in [2.05, 4.69) is 161 Å². The molecule has 1 amide bonds. The topological polar surface area (TPSA) is 109 Å². The number of nitrogens with zero attached hydrogens (tertiary/aromatic N) is 2. The standard InChI is InChI=1S/C12H16ClFN4O.C12H16.C7H15N.C6H14.2C5H12.CH2O/c1-6(14)11(18-12(13)7(2)15)8(3)16-9(4)17-10(5)19;1-4-11-5-7-12(8-6-11)9-10(2)3;1-3-5-6-7-8-4-2;1-3-5-6-4-2;2*1-5(2,3)4;1-2/h1,3,15H2,2,4-5H3,(H,16,17,19);5-8H,2,4,9H2,1,3H3;4,8H,2-3,5-7H2,1H3;3-6H2,1-2H3;2*1-4H3;1H2/b12-7+,18-11+;;;;;;. The maximum atomic E-state index is 13.3. The third-order valence-electron chi connectivity index (χ3n) is 5.69. The molecule has 0 aliphatic rings. The molecule has 1 aromatic rings. The van der Waals surface area contributed by atoms with Crippen molar-refractivity contribution in [3.63, 3.8) is 0 Å². The first-order valence-corrected chi connectivity index (χ1v) is 20.5. The maximum absolute atomic E-state index is 13.3. The molecule has 7 nitrogen and oxygen atoms in total. The molecule has 0 saturated heterocycles. The summed E-state index contributed by atoms with van der Waals surface area (Å²) in [5.41, 5.74) is 10.4. The van der Waals surface area contributed by atoms with Gasteiger partial charge in [-0.1, -0.05) is 189 Å². The first kappa shape index (κ1) is 65.1. The molecule has 0 saturated carbocycles. The largest absolute Gasteiger partial charge is 0.400 e. The molecule has 0 heterocycles. The summed E-state index contributed by atoms with van der Waals surface area (Å²) in [5, 5.41) is 5.38. The van der Waals surface area contributed by atoms with Crippen molar-refractivity contribution >= 4 is 35.8 Å². The highest BCUT2D eigenvalue weighted by Crippen LogP contribution is 2.15. The first-order chi connectivity index (χ1) is 26.2. The lowest BCUT2D eigenvalue weighted by Crippen LogP contribution is -2.25. The minimum Gasteiger partial charge on any atom is -0.400 e.